The number of rotatable bonds is 2. The summed E-state index contributed by atoms with van der Waals surface area (Å²) in [5, 5.41) is 5.64. The first-order valence-corrected chi connectivity index (χ1v) is 6.60. The number of benzene rings is 1. The van der Waals surface area contributed by atoms with Gasteiger partial charge in [0.25, 0.3) is 5.95 Å². The van der Waals surface area contributed by atoms with Crippen molar-refractivity contribution >= 4 is 11.0 Å². The van der Waals surface area contributed by atoms with Crippen LogP contribution < -0.4 is 0 Å². The average Bonchev–Trinajstić information content (AvgIpc) is 2.96. The summed E-state index contributed by atoms with van der Waals surface area (Å²) in [6.07, 6.45) is 5.14. The fraction of sp³-hybridized carbons (Fsp3) is 0. The second-order valence-electron chi connectivity index (χ2n) is 4.55. The fourth-order valence-corrected chi connectivity index (χ4v) is 2.30. The van der Waals surface area contributed by atoms with E-state index in [0.29, 0.717) is 5.95 Å². The molecule has 0 saturated carbocycles. The third kappa shape index (κ3) is 1.95. The van der Waals surface area contributed by atoms with Gasteiger partial charge in [0.15, 0.2) is 5.65 Å². The van der Waals surface area contributed by atoms with E-state index in [0.717, 1.165) is 22.3 Å². The smallest absolute Gasteiger partial charge is 0.236 e. The van der Waals surface area contributed by atoms with Crippen LogP contribution in [-0.2, 0) is 0 Å². The molecule has 0 atom stereocenters. The normalized spacial score (nSPS) is 10.9. The van der Waals surface area contributed by atoms with E-state index < -0.39 is 0 Å². The van der Waals surface area contributed by atoms with Gasteiger partial charge in [0.2, 0.25) is 0 Å². The first-order chi connectivity index (χ1) is 10.4. The third-order valence-electron chi connectivity index (χ3n) is 3.23. The lowest BCUT2D eigenvalue weighted by Gasteiger charge is -1.98. The molecule has 0 unspecified atom stereocenters. The van der Waals surface area contributed by atoms with Crippen LogP contribution in [0.2, 0.25) is 0 Å². The van der Waals surface area contributed by atoms with Crippen LogP contribution >= 0.6 is 0 Å². The van der Waals surface area contributed by atoms with Gasteiger partial charge in [-0.1, -0.05) is 30.3 Å². The van der Waals surface area contributed by atoms with Crippen LogP contribution in [0.4, 0.5) is 0 Å². The maximum absolute atomic E-state index is 4.66. The predicted molar refractivity (Wildman–Crippen MR) is 79.9 cm³/mol. The Hall–Kier alpha value is -3.08. The molecule has 0 N–H and O–H groups in total. The molecule has 0 aliphatic carbocycles. The number of hydrogen-bond acceptors (Lipinski definition) is 4. The summed E-state index contributed by atoms with van der Waals surface area (Å²) in [5.41, 5.74) is 2.68. The van der Waals surface area contributed by atoms with Crippen molar-refractivity contribution in [2.24, 2.45) is 0 Å². The first kappa shape index (κ1) is 11.7. The Labute approximate surface area is 120 Å². The van der Waals surface area contributed by atoms with Crippen LogP contribution in [0.15, 0.2) is 67.1 Å². The SMILES string of the molecule is c1ccc(-c2nn(-c3ncccn3)c3ncccc23)cc1. The van der Waals surface area contributed by atoms with Crippen LogP contribution in [0.25, 0.3) is 28.2 Å². The van der Waals surface area contributed by atoms with Crippen LogP contribution in [0.3, 0.4) is 0 Å². The Kier molecular flexibility index (Phi) is 2.67. The molecule has 4 aromatic rings. The lowest BCUT2D eigenvalue weighted by Crippen LogP contribution is -2.02. The molecule has 1 aromatic carbocycles. The zero-order chi connectivity index (χ0) is 14.1. The molecule has 100 valence electrons. The Morgan fingerprint density at radius 2 is 1.48 bits per heavy atom. The van der Waals surface area contributed by atoms with Gasteiger partial charge in [-0.3, -0.25) is 0 Å². The molecular weight excluding hydrogens is 262 g/mol. The molecule has 0 amide bonds. The van der Waals surface area contributed by atoms with Crippen LogP contribution in [0, 0.1) is 0 Å². The maximum atomic E-state index is 4.66. The van der Waals surface area contributed by atoms with Crippen molar-refractivity contribution in [3.05, 3.63) is 67.1 Å². The number of pyridine rings is 1. The van der Waals surface area contributed by atoms with Gasteiger partial charge in [-0.2, -0.15) is 9.78 Å². The Morgan fingerprint density at radius 1 is 0.714 bits per heavy atom. The molecule has 21 heavy (non-hydrogen) atoms. The van der Waals surface area contributed by atoms with Crippen molar-refractivity contribution in [1.82, 2.24) is 24.7 Å². The molecule has 0 radical (unpaired) electrons. The van der Waals surface area contributed by atoms with Gasteiger partial charge in [0.05, 0.1) is 0 Å². The summed E-state index contributed by atoms with van der Waals surface area (Å²) in [6.45, 7) is 0. The van der Waals surface area contributed by atoms with Gasteiger partial charge >= 0.3 is 0 Å². The van der Waals surface area contributed by atoms with Crippen LogP contribution in [-0.4, -0.2) is 24.7 Å². The Bertz CT molecular complexity index is 811. The molecule has 0 fully saturated rings. The standard InChI is InChI=1S/C16H11N5/c1-2-6-12(7-3-1)14-13-8-4-9-17-15(13)21(20-14)16-18-10-5-11-19-16/h1-11H. The van der Waals surface area contributed by atoms with Crippen molar-refractivity contribution in [3.63, 3.8) is 0 Å². The van der Waals surface area contributed by atoms with Crippen molar-refractivity contribution in [3.8, 4) is 17.2 Å². The molecule has 5 nitrogen and oxygen atoms in total. The molecule has 3 heterocycles. The topological polar surface area (TPSA) is 56.5 Å². The van der Waals surface area contributed by atoms with Gasteiger partial charge in [-0.25, -0.2) is 15.0 Å². The molecule has 0 aliphatic heterocycles. The molecule has 4 rings (SSSR count). The number of aromatic nitrogens is 5. The van der Waals surface area contributed by atoms with Crippen molar-refractivity contribution in [2.45, 2.75) is 0 Å². The summed E-state index contributed by atoms with van der Waals surface area (Å²) >= 11 is 0. The highest BCUT2D eigenvalue weighted by molar-refractivity contribution is 5.91. The number of nitrogens with zero attached hydrogens (tertiary/aromatic N) is 5. The molecular formula is C16H11N5. The summed E-state index contributed by atoms with van der Waals surface area (Å²) in [4.78, 5) is 12.9. The van der Waals surface area contributed by atoms with E-state index in [1.165, 1.54) is 0 Å². The second-order valence-corrected chi connectivity index (χ2v) is 4.55. The van der Waals surface area contributed by atoms with E-state index >= 15 is 0 Å². The highest BCUT2D eigenvalue weighted by atomic mass is 15.4. The quantitative estimate of drug-likeness (QED) is 0.563. The minimum absolute atomic E-state index is 0.517. The van der Waals surface area contributed by atoms with Gasteiger partial charge in [0, 0.05) is 29.5 Å². The van der Waals surface area contributed by atoms with Gasteiger partial charge in [-0.15, -0.1) is 0 Å². The zero-order valence-corrected chi connectivity index (χ0v) is 11.1. The van der Waals surface area contributed by atoms with E-state index in [4.69, 9.17) is 0 Å². The average molecular weight is 273 g/mol. The number of hydrogen-bond donors (Lipinski definition) is 0. The van der Waals surface area contributed by atoms with Crippen molar-refractivity contribution in [1.29, 1.82) is 0 Å². The van der Waals surface area contributed by atoms with Crippen molar-refractivity contribution in [2.75, 3.05) is 0 Å². The largest absolute Gasteiger partial charge is 0.252 e. The van der Waals surface area contributed by atoms with Gasteiger partial charge in [-0.05, 0) is 18.2 Å². The Morgan fingerprint density at radius 3 is 2.29 bits per heavy atom. The molecule has 0 saturated heterocycles. The summed E-state index contributed by atoms with van der Waals surface area (Å²) < 4.78 is 1.68. The van der Waals surface area contributed by atoms with Crippen LogP contribution in [0.5, 0.6) is 0 Å². The molecule has 0 spiro atoms. The Balaban J connectivity index is 2.02. The zero-order valence-electron chi connectivity index (χ0n) is 11.1. The maximum Gasteiger partial charge on any atom is 0.252 e. The highest BCUT2D eigenvalue weighted by Crippen LogP contribution is 2.27. The predicted octanol–water partition coefficient (Wildman–Crippen LogP) is 2.88. The fourth-order valence-electron chi connectivity index (χ4n) is 2.30. The van der Waals surface area contributed by atoms with E-state index in [-0.39, 0.29) is 0 Å². The lowest BCUT2D eigenvalue weighted by molar-refractivity contribution is 0.826. The molecule has 0 bridgehead atoms. The number of fused-ring (bicyclic) bond motifs is 1. The minimum Gasteiger partial charge on any atom is -0.236 e. The monoisotopic (exact) mass is 273 g/mol. The van der Waals surface area contributed by atoms with E-state index in [1.54, 1.807) is 29.3 Å². The second kappa shape index (κ2) is 4.79. The third-order valence-corrected chi connectivity index (χ3v) is 3.23. The molecule has 5 heteroatoms. The van der Waals surface area contributed by atoms with E-state index in [9.17, 15) is 0 Å². The van der Waals surface area contributed by atoms with Crippen LogP contribution in [0.1, 0.15) is 0 Å². The van der Waals surface area contributed by atoms with Gasteiger partial charge in [0.1, 0.15) is 5.69 Å². The van der Waals surface area contributed by atoms with Gasteiger partial charge < -0.3 is 0 Å². The summed E-state index contributed by atoms with van der Waals surface area (Å²) in [7, 11) is 0. The van der Waals surface area contributed by atoms with E-state index in [2.05, 4.69) is 20.1 Å². The highest BCUT2D eigenvalue weighted by Gasteiger charge is 2.15. The van der Waals surface area contributed by atoms with E-state index in [1.807, 2.05) is 42.5 Å². The lowest BCUT2D eigenvalue weighted by atomic mass is 10.1. The minimum atomic E-state index is 0.517. The summed E-state index contributed by atoms with van der Waals surface area (Å²) in [5.74, 6) is 0.517. The first-order valence-electron chi connectivity index (χ1n) is 6.60. The molecule has 3 aromatic heterocycles. The summed E-state index contributed by atoms with van der Waals surface area (Å²) in [6, 6.07) is 15.7. The van der Waals surface area contributed by atoms with Crippen molar-refractivity contribution < 1.29 is 0 Å². The molecule has 0 aliphatic rings.